The number of nitrogens with zero attached hydrogens (tertiary/aromatic N) is 4. The van der Waals surface area contributed by atoms with Crippen LogP contribution in [0.5, 0.6) is 0 Å². The molecule has 2 aromatic carbocycles. The highest BCUT2D eigenvalue weighted by Crippen LogP contribution is 2.25. The fraction of sp³-hybridized carbons (Fsp3) is 0.333. The molecule has 226 valence electrons. The van der Waals surface area contributed by atoms with E-state index < -0.39 is 30.0 Å². The molecule has 0 spiro atoms. The number of aliphatic carboxylic acids is 1. The van der Waals surface area contributed by atoms with Crippen LogP contribution in [0.1, 0.15) is 35.8 Å². The van der Waals surface area contributed by atoms with Crippen molar-refractivity contribution in [2.75, 3.05) is 32.8 Å². The number of hydrogen-bond donors (Lipinski definition) is 2. The number of hydroxylamine groups is 2. The van der Waals surface area contributed by atoms with Crippen LogP contribution in [0, 0.1) is 0 Å². The van der Waals surface area contributed by atoms with E-state index in [-0.39, 0.29) is 51.3 Å². The predicted octanol–water partition coefficient (Wildman–Crippen LogP) is 3.63. The lowest BCUT2D eigenvalue weighted by Gasteiger charge is -2.35. The molecule has 1 aliphatic heterocycles. The van der Waals surface area contributed by atoms with E-state index in [1.807, 2.05) is 60.7 Å². The van der Waals surface area contributed by atoms with Gasteiger partial charge in [-0.1, -0.05) is 60.7 Å². The summed E-state index contributed by atoms with van der Waals surface area (Å²) in [5.41, 5.74) is 1.87. The molecular formula is C30H33N5O7S. The molecule has 12 nitrogen and oxygen atoms in total. The molecule has 13 heteroatoms. The first-order valence-electron chi connectivity index (χ1n) is 13.8. The van der Waals surface area contributed by atoms with Crippen molar-refractivity contribution in [1.29, 1.82) is 0 Å². The Hall–Kier alpha value is -4.49. The summed E-state index contributed by atoms with van der Waals surface area (Å²) in [5.74, 6) is -1.16. The lowest BCUT2D eigenvalue weighted by molar-refractivity contribution is -0.157. The quantitative estimate of drug-likeness (QED) is 0.176. The second-order valence-corrected chi connectivity index (χ2v) is 10.5. The molecular weight excluding hydrogens is 574 g/mol. The van der Waals surface area contributed by atoms with Crippen LogP contribution in [-0.4, -0.2) is 87.8 Å². The molecule has 0 bridgehead atoms. The molecule has 1 saturated heterocycles. The zero-order valence-electron chi connectivity index (χ0n) is 23.7. The molecule has 1 fully saturated rings. The van der Waals surface area contributed by atoms with Gasteiger partial charge in [-0.2, -0.15) is 0 Å². The Morgan fingerprint density at radius 3 is 2.30 bits per heavy atom. The van der Waals surface area contributed by atoms with Crippen molar-refractivity contribution in [2.24, 2.45) is 0 Å². The summed E-state index contributed by atoms with van der Waals surface area (Å²) < 4.78 is 4.78. The van der Waals surface area contributed by atoms with Gasteiger partial charge in [0.25, 0.3) is 5.91 Å². The smallest absolute Gasteiger partial charge is 0.481 e. The van der Waals surface area contributed by atoms with E-state index in [1.54, 1.807) is 13.0 Å². The molecule has 2 N–H and O–H groups in total. The van der Waals surface area contributed by atoms with Gasteiger partial charge in [0.15, 0.2) is 5.82 Å². The molecule has 0 radical (unpaired) electrons. The van der Waals surface area contributed by atoms with Crippen molar-refractivity contribution in [3.8, 4) is 11.4 Å². The topological polar surface area (TPSA) is 151 Å². The van der Waals surface area contributed by atoms with Gasteiger partial charge in [0, 0.05) is 36.9 Å². The van der Waals surface area contributed by atoms with Crippen LogP contribution >= 0.6 is 11.8 Å². The zero-order valence-corrected chi connectivity index (χ0v) is 24.5. The van der Waals surface area contributed by atoms with E-state index in [9.17, 15) is 24.3 Å². The molecule has 0 saturated carbocycles. The summed E-state index contributed by atoms with van der Waals surface area (Å²) in [6.45, 7) is 2.73. The SMILES string of the molecule is CCOC(=O)ON1CCN(C(=O)[C@H](CCC(=O)O)NC(=O)c2cc(SCc3ccccc3)nc(-c3ccccc3)n2)CC1. The number of carbonyl (C=O) groups is 4. The second kappa shape index (κ2) is 15.7. The Kier molecular flexibility index (Phi) is 11.5. The van der Waals surface area contributed by atoms with Crippen LogP contribution in [0.3, 0.4) is 0 Å². The van der Waals surface area contributed by atoms with Crippen LogP contribution in [0.25, 0.3) is 11.4 Å². The number of benzene rings is 2. The Morgan fingerprint density at radius 2 is 1.65 bits per heavy atom. The molecule has 1 atom stereocenters. The van der Waals surface area contributed by atoms with Crippen LogP contribution in [0.15, 0.2) is 71.8 Å². The number of carboxylic acid groups (broad SMARTS) is 1. The maximum atomic E-state index is 13.5. The minimum absolute atomic E-state index is 0.0604. The highest BCUT2D eigenvalue weighted by molar-refractivity contribution is 7.98. The first kappa shape index (κ1) is 31.4. The van der Waals surface area contributed by atoms with Gasteiger partial charge in [0.05, 0.1) is 19.7 Å². The molecule has 43 heavy (non-hydrogen) atoms. The molecule has 2 heterocycles. The fourth-order valence-electron chi connectivity index (χ4n) is 4.29. The zero-order chi connectivity index (χ0) is 30.6. The third-order valence-electron chi connectivity index (χ3n) is 6.46. The Labute approximate surface area is 253 Å². The number of hydrogen-bond acceptors (Lipinski definition) is 10. The molecule has 0 aliphatic carbocycles. The average Bonchev–Trinajstić information content (AvgIpc) is 3.02. The minimum Gasteiger partial charge on any atom is -0.481 e. The minimum atomic E-state index is -1.10. The summed E-state index contributed by atoms with van der Waals surface area (Å²) in [6, 6.07) is 19.6. The molecule has 3 aromatic rings. The van der Waals surface area contributed by atoms with E-state index in [2.05, 4.69) is 15.3 Å². The van der Waals surface area contributed by atoms with E-state index in [1.165, 1.54) is 21.7 Å². The van der Waals surface area contributed by atoms with Crippen LogP contribution < -0.4 is 5.32 Å². The molecule has 1 aromatic heterocycles. The van der Waals surface area contributed by atoms with Gasteiger partial charge in [0.2, 0.25) is 5.91 Å². The number of amides is 2. The number of ether oxygens (including phenoxy) is 1. The number of aromatic nitrogens is 2. The normalized spacial score (nSPS) is 14.0. The van der Waals surface area contributed by atoms with Crippen molar-refractivity contribution < 1.29 is 33.9 Å². The Balaban J connectivity index is 1.50. The number of nitrogens with one attached hydrogen (secondary N) is 1. The van der Waals surface area contributed by atoms with Crippen molar-refractivity contribution in [1.82, 2.24) is 25.2 Å². The van der Waals surface area contributed by atoms with Gasteiger partial charge < -0.3 is 24.9 Å². The maximum absolute atomic E-state index is 13.5. The second-order valence-electron chi connectivity index (χ2n) is 9.54. The van der Waals surface area contributed by atoms with Gasteiger partial charge in [-0.15, -0.1) is 16.8 Å². The molecule has 0 unspecified atom stereocenters. The monoisotopic (exact) mass is 607 g/mol. The third kappa shape index (κ3) is 9.51. The highest BCUT2D eigenvalue weighted by atomic mass is 32.2. The third-order valence-corrected chi connectivity index (χ3v) is 7.45. The van der Waals surface area contributed by atoms with Crippen molar-refractivity contribution in [3.05, 3.63) is 78.0 Å². The van der Waals surface area contributed by atoms with E-state index in [0.29, 0.717) is 16.6 Å². The first-order chi connectivity index (χ1) is 20.8. The highest BCUT2D eigenvalue weighted by Gasteiger charge is 2.31. The summed E-state index contributed by atoms with van der Waals surface area (Å²) in [4.78, 5) is 65.7. The van der Waals surface area contributed by atoms with Crippen molar-refractivity contribution in [3.63, 3.8) is 0 Å². The number of carboxylic acids is 1. The standard InChI is InChI=1S/C30H33N5O7S/c1-2-41-30(40)42-35-17-15-34(16-18-35)29(39)23(13-14-26(36)37)32-28(38)24-19-25(43-20-21-9-5-3-6-10-21)33-27(31-24)22-11-7-4-8-12-22/h3-12,19,23H,2,13-18,20H2,1H3,(H,32,38)(H,36,37)/t23-/m0/s1. The van der Waals surface area contributed by atoms with E-state index >= 15 is 0 Å². The molecule has 1 aliphatic rings. The average molecular weight is 608 g/mol. The Morgan fingerprint density at radius 1 is 0.977 bits per heavy atom. The largest absolute Gasteiger partial charge is 0.527 e. The van der Waals surface area contributed by atoms with Crippen molar-refractivity contribution >= 4 is 35.7 Å². The van der Waals surface area contributed by atoms with Gasteiger partial charge in [-0.3, -0.25) is 14.4 Å². The van der Waals surface area contributed by atoms with Gasteiger partial charge in [-0.05, 0) is 18.9 Å². The van der Waals surface area contributed by atoms with E-state index in [0.717, 1.165) is 11.1 Å². The number of rotatable bonds is 12. The first-order valence-corrected chi connectivity index (χ1v) is 14.8. The van der Waals surface area contributed by atoms with Crippen molar-refractivity contribution in [2.45, 2.75) is 36.6 Å². The number of carbonyl (C=O) groups excluding carboxylic acids is 3. The summed E-state index contributed by atoms with van der Waals surface area (Å²) in [6.07, 6.45) is -1.25. The van der Waals surface area contributed by atoms with Crippen LogP contribution in [0.2, 0.25) is 0 Å². The maximum Gasteiger partial charge on any atom is 0.527 e. The predicted molar refractivity (Wildman–Crippen MR) is 158 cm³/mol. The van der Waals surface area contributed by atoms with Gasteiger partial charge >= 0.3 is 12.1 Å². The lowest BCUT2D eigenvalue weighted by atomic mass is 10.1. The summed E-state index contributed by atoms with van der Waals surface area (Å²) in [7, 11) is 0. The number of thioether (sulfide) groups is 1. The van der Waals surface area contributed by atoms with Gasteiger partial charge in [-0.25, -0.2) is 14.8 Å². The summed E-state index contributed by atoms with van der Waals surface area (Å²) >= 11 is 1.45. The number of piperazine rings is 1. The fourth-order valence-corrected chi connectivity index (χ4v) is 5.14. The summed E-state index contributed by atoms with van der Waals surface area (Å²) in [5, 5.41) is 14.0. The van der Waals surface area contributed by atoms with Crippen LogP contribution in [0.4, 0.5) is 4.79 Å². The van der Waals surface area contributed by atoms with Crippen LogP contribution in [-0.2, 0) is 24.9 Å². The molecule has 4 rings (SSSR count). The lowest BCUT2D eigenvalue weighted by Crippen LogP contribution is -2.55. The van der Waals surface area contributed by atoms with Gasteiger partial charge in [0.1, 0.15) is 16.8 Å². The van der Waals surface area contributed by atoms with E-state index in [4.69, 9.17) is 9.57 Å². The Bertz CT molecular complexity index is 1400. The molecule has 2 amide bonds.